The average molecular weight is 280 g/mol. The predicted octanol–water partition coefficient (Wildman–Crippen LogP) is -0.748. The van der Waals surface area contributed by atoms with Crippen LogP contribution in [0.15, 0.2) is 0 Å². The molecule has 3 heterocycles. The molecule has 0 amide bonds. The van der Waals surface area contributed by atoms with Crippen molar-refractivity contribution < 1.29 is 9.84 Å². The highest BCUT2D eigenvalue weighted by Gasteiger charge is 2.33. The molecule has 0 aromatic carbocycles. The second kappa shape index (κ2) is 5.02. The summed E-state index contributed by atoms with van der Waals surface area (Å²) >= 11 is 0. The molecular formula is C12H20N6O2. The van der Waals surface area contributed by atoms with Gasteiger partial charge in [0.2, 0.25) is 17.8 Å². The molecule has 110 valence electrons. The Labute approximate surface area is 117 Å². The molecule has 2 aliphatic heterocycles. The molecule has 1 aromatic heterocycles. The Bertz CT molecular complexity index is 489. The third-order valence-corrected chi connectivity index (χ3v) is 3.66. The molecule has 0 spiro atoms. The number of β-amino-alcohol motifs (C(OH)–C–C–N with tert-alkyl or cyclic N) is 1. The molecule has 1 atom stereocenters. The van der Waals surface area contributed by atoms with E-state index in [2.05, 4.69) is 15.0 Å². The lowest BCUT2D eigenvalue weighted by Gasteiger charge is -2.27. The lowest BCUT2D eigenvalue weighted by molar-refractivity contribution is 0.0838. The molecule has 2 aliphatic rings. The predicted molar refractivity (Wildman–Crippen MR) is 74.7 cm³/mol. The van der Waals surface area contributed by atoms with Crippen molar-refractivity contribution in [3.05, 3.63) is 0 Å². The molecular weight excluding hydrogens is 260 g/mol. The number of hydrogen-bond acceptors (Lipinski definition) is 8. The summed E-state index contributed by atoms with van der Waals surface area (Å²) in [5.41, 5.74) is 5.10. The van der Waals surface area contributed by atoms with E-state index in [1.807, 2.05) is 16.7 Å². The fraction of sp³-hybridized carbons (Fsp3) is 0.750. The van der Waals surface area contributed by atoms with Crippen molar-refractivity contribution in [2.45, 2.75) is 18.9 Å². The van der Waals surface area contributed by atoms with Crippen LogP contribution in [0.1, 0.15) is 13.3 Å². The maximum atomic E-state index is 10.0. The Hall–Kier alpha value is -1.67. The summed E-state index contributed by atoms with van der Waals surface area (Å²) in [7, 11) is 0. The number of anilines is 3. The molecule has 3 rings (SSSR count). The third-order valence-electron chi connectivity index (χ3n) is 3.66. The first kappa shape index (κ1) is 13.3. The molecule has 3 N–H and O–H groups in total. The maximum Gasteiger partial charge on any atom is 0.232 e. The minimum atomic E-state index is -0.694. The Morgan fingerprint density at radius 3 is 2.35 bits per heavy atom. The number of nitrogen functional groups attached to an aromatic ring is 1. The summed E-state index contributed by atoms with van der Waals surface area (Å²) in [4.78, 5) is 16.9. The molecule has 0 aliphatic carbocycles. The van der Waals surface area contributed by atoms with E-state index in [0.29, 0.717) is 38.1 Å². The lowest BCUT2D eigenvalue weighted by Crippen LogP contribution is -2.38. The second-order valence-corrected chi connectivity index (χ2v) is 5.56. The average Bonchev–Trinajstić information content (AvgIpc) is 2.79. The minimum absolute atomic E-state index is 0.211. The molecule has 20 heavy (non-hydrogen) atoms. The first-order chi connectivity index (χ1) is 9.53. The highest BCUT2D eigenvalue weighted by Crippen LogP contribution is 2.25. The summed E-state index contributed by atoms with van der Waals surface area (Å²) in [6, 6.07) is 0. The van der Waals surface area contributed by atoms with Crippen molar-refractivity contribution >= 4 is 17.8 Å². The van der Waals surface area contributed by atoms with Gasteiger partial charge in [0.15, 0.2) is 0 Å². The van der Waals surface area contributed by atoms with E-state index in [-0.39, 0.29) is 5.95 Å². The fourth-order valence-corrected chi connectivity index (χ4v) is 2.53. The Morgan fingerprint density at radius 1 is 1.10 bits per heavy atom. The van der Waals surface area contributed by atoms with Crippen LogP contribution in [-0.2, 0) is 4.74 Å². The minimum Gasteiger partial charge on any atom is -0.388 e. The molecule has 1 unspecified atom stereocenters. The number of aliphatic hydroxyl groups is 1. The van der Waals surface area contributed by atoms with Gasteiger partial charge in [0.05, 0.1) is 18.8 Å². The second-order valence-electron chi connectivity index (χ2n) is 5.56. The third kappa shape index (κ3) is 2.75. The number of morpholine rings is 1. The largest absolute Gasteiger partial charge is 0.388 e. The van der Waals surface area contributed by atoms with Crippen molar-refractivity contribution in [2.75, 3.05) is 54.9 Å². The van der Waals surface area contributed by atoms with Crippen molar-refractivity contribution in [1.82, 2.24) is 15.0 Å². The van der Waals surface area contributed by atoms with Crippen LogP contribution in [0.2, 0.25) is 0 Å². The van der Waals surface area contributed by atoms with Crippen LogP contribution >= 0.6 is 0 Å². The Kier molecular flexibility index (Phi) is 3.35. The summed E-state index contributed by atoms with van der Waals surface area (Å²) in [5, 5.41) is 10.0. The van der Waals surface area contributed by atoms with Gasteiger partial charge in [-0.2, -0.15) is 15.0 Å². The van der Waals surface area contributed by atoms with Gasteiger partial charge < -0.3 is 25.4 Å². The summed E-state index contributed by atoms with van der Waals surface area (Å²) in [5.74, 6) is 1.34. The van der Waals surface area contributed by atoms with E-state index >= 15 is 0 Å². The van der Waals surface area contributed by atoms with Gasteiger partial charge in [-0.1, -0.05) is 0 Å². The van der Waals surface area contributed by atoms with Crippen LogP contribution in [0.25, 0.3) is 0 Å². The zero-order valence-corrected chi connectivity index (χ0v) is 11.6. The van der Waals surface area contributed by atoms with E-state index in [4.69, 9.17) is 10.5 Å². The Morgan fingerprint density at radius 2 is 1.75 bits per heavy atom. The van der Waals surface area contributed by atoms with Crippen LogP contribution in [0.4, 0.5) is 17.8 Å². The Balaban J connectivity index is 1.83. The molecule has 8 nitrogen and oxygen atoms in total. The normalized spacial score (nSPS) is 27.1. The summed E-state index contributed by atoms with van der Waals surface area (Å²) in [6.07, 6.45) is 0.700. The smallest absolute Gasteiger partial charge is 0.232 e. The molecule has 0 saturated carbocycles. The highest BCUT2D eigenvalue weighted by molar-refractivity contribution is 5.44. The van der Waals surface area contributed by atoms with Gasteiger partial charge in [-0.05, 0) is 13.3 Å². The summed E-state index contributed by atoms with van der Waals surface area (Å²) in [6.45, 7) is 5.89. The van der Waals surface area contributed by atoms with Crippen molar-refractivity contribution in [1.29, 1.82) is 0 Å². The van der Waals surface area contributed by atoms with Crippen molar-refractivity contribution in [3.8, 4) is 0 Å². The van der Waals surface area contributed by atoms with Crippen LogP contribution < -0.4 is 15.5 Å². The number of ether oxygens (including phenoxy) is 1. The van der Waals surface area contributed by atoms with E-state index in [1.165, 1.54) is 0 Å². The van der Waals surface area contributed by atoms with E-state index in [1.54, 1.807) is 0 Å². The number of nitrogens with two attached hydrogens (primary N) is 1. The zero-order chi connectivity index (χ0) is 14.2. The number of nitrogens with zero attached hydrogens (tertiary/aromatic N) is 5. The topological polar surface area (TPSA) is 101 Å². The monoisotopic (exact) mass is 280 g/mol. The molecule has 1 aromatic rings. The first-order valence-corrected chi connectivity index (χ1v) is 6.85. The van der Waals surface area contributed by atoms with E-state index in [0.717, 1.165) is 19.6 Å². The van der Waals surface area contributed by atoms with Gasteiger partial charge in [-0.3, -0.25) is 0 Å². The fourth-order valence-electron chi connectivity index (χ4n) is 2.53. The first-order valence-electron chi connectivity index (χ1n) is 6.85. The van der Waals surface area contributed by atoms with Gasteiger partial charge in [0.25, 0.3) is 0 Å². The van der Waals surface area contributed by atoms with E-state index in [9.17, 15) is 5.11 Å². The highest BCUT2D eigenvalue weighted by atomic mass is 16.5. The molecule has 0 bridgehead atoms. The van der Waals surface area contributed by atoms with Gasteiger partial charge in [0, 0.05) is 26.2 Å². The zero-order valence-electron chi connectivity index (χ0n) is 11.6. The van der Waals surface area contributed by atoms with Crippen LogP contribution in [0, 0.1) is 0 Å². The van der Waals surface area contributed by atoms with Crippen LogP contribution in [0.5, 0.6) is 0 Å². The molecule has 2 saturated heterocycles. The van der Waals surface area contributed by atoms with Gasteiger partial charge in [0.1, 0.15) is 0 Å². The van der Waals surface area contributed by atoms with Crippen molar-refractivity contribution in [2.24, 2.45) is 0 Å². The van der Waals surface area contributed by atoms with Crippen LogP contribution in [0.3, 0.4) is 0 Å². The van der Waals surface area contributed by atoms with Crippen LogP contribution in [-0.4, -0.2) is 65.1 Å². The van der Waals surface area contributed by atoms with Gasteiger partial charge >= 0.3 is 0 Å². The number of hydrogen-bond donors (Lipinski definition) is 2. The number of rotatable bonds is 2. The molecule has 8 heteroatoms. The maximum absolute atomic E-state index is 10.0. The van der Waals surface area contributed by atoms with Gasteiger partial charge in [-0.15, -0.1) is 0 Å². The quantitative estimate of drug-likeness (QED) is 0.730. The van der Waals surface area contributed by atoms with Crippen molar-refractivity contribution in [3.63, 3.8) is 0 Å². The summed E-state index contributed by atoms with van der Waals surface area (Å²) < 4.78 is 5.32. The molecule has 2 fully saturated rings. The van der Waals surface area contributed by atoms with Gasteiger partial charge in [-0.25, -0.2) is 0 Å². The molecule has 0 radical (unpaired) electrons. The number of aromatic nitrogens is 3. The SMILES string of the molecule is CC1(O)CCN(c2nc(N)nc(N3CCOCC3)n2)C1. The van der Waals surface area contributed by atoms with E-state index < -0.39 is 5.60 Å². The lowest BCUT2D eigenvalue weighted by atomic mass is 10.1. The standard InChI is InChI=1S/C12H20N6O2/c1-12(19)2-3-18(8-12)11-15-9(13)14-10(16-11)17-4-6-20-7-5-17/h19H,2-8H2,1H3,(H2,13,14,15,16).